The van der Waals surface area contributed by atoms with Gasteiger partial charge in [-0.1, -0.05) is 30.3 Å². The molecule has 1 aliphatic rings. The molecule has 1 aromatic rings. The topological polar surface area (TPSA) is 66.0 Å². The first-order valence-electron chi connectivity index (χ1n) is 10.7. The average Bonchev–Trinajstić information content (AvgIpc) is 3.12. The van der Waals surface area contributed by atoms with Crippen LogP contribution < -0.4 is 10.6 Å². The Morgan fingerprint density at radius 1 is 1.14 bits per heavy atom. The zero-order valence-corrected chi connectivity index (χ0v) is 20.0. The van der Waals surface area contributed by atoms with E-state index in [0.29, 0.717) is 12.3 Å². The Bertz CT molecular complexity index is 583. The third kappa shape index (κ3) is 11.4. The molecule has 7 heteroatoms. The molecule has 1 saturated heterocycles. The maximum atomic E-state index is 11.6. The molecule has 0 spiro atoms. The Morgan fingerprint density at radius 3 is 2.69 bits per heavy atom. The maximum Gasteiger partial charge on any atom is 0.222 e. The summed E-state index contributed by atoms with van der Waals surface area (Å²) in [6.45, 7) is 7.85. The number of benzene rings is 1. The molecular formula is C22H37IN4O2. The van der Waals surface area contributed by atoms with Crippen LogP contribution in [-0.2, 0) is 16.0 Å². The van der Waals surface area contributed by atoms with E-state index in [-0.39, 0.29) is 24.0 Å². The van der Waals surface area contributed by atoms with E-state index in [1.165, 1.54) is 5.56 Å². The van der Waals surface area contributed by atoms with Gasteiger partial charge in [-0.2, -0.15) is 0 Å². The number of hydrogen-bond acceptors (Lipinski definition) is 3. The van der Waals surface area contributed by atoms with Gasteiger partial charge in [0, 0.05) is 45.8 Å². The fourth-order valence-corrected chi connectivity index (χ4v) is 3.21. The third-order valence-corrected chi connectivity index (χ3v) is 4.76. The van der Waals surface area contributed by atoms with Crippen molar-refractivity contribution >= 4 is 35.8 Å². The van der Waals surface area contributed by atoms with Gasteiger partial charge < -0.3 is 20.3 Å². The highest BCUT2D eigenvalue weighted by Gasteiger charge is 2.18. The number of aliphatic imine (C=N–C) groups is 1. The van der Waals surface area contributed by atoms with Crippen LogP contribution in [-0.4, -0.2) is 62.7 Å². The molecular weight excluding hydrogens is 479 g/mol. The van der Waals surface area contributed by atoms with Crippen LogP contribution >= 0.6 is 24.0 Å². The monoisotopic (exact) mass is 516 g/mol. The molecule has 1 aliphatic heterocycles. The van der Waals surface area contributed by atoms with Gasteiger partial charge in [0.1, 0.15) is 0 Å². The third-order valence-electron chi connectivity index (χ3n) is 4.76. The summed E-state index contributed by atoms with van der Waals surface area (Å²) >= 11 is 0. The highest BCUT2D eigenvalue weighted by Crippen LogP contribution is 2.09. The lowest BCUT2D eigenvalue weighted by atomic mass is 10.2. The number of rotatable bonds is 13. The molecule has 2 N–H and O–H groups in total. The zero-order chi connectivity index (χ0) is 19.9. The predicted molar refractivity (Wildman–Crippen MR) is 130 cm³/mol. The van der Waals surface area contributed by atoms with E-state index >= 15 is 0 Å². The van der Waals surface area contributed by atoms with E-state index in [1.807, 2.05) is 11.0 Å². The largest absolute Gasteiger partial charge is 0.381 e. The molecule has 1 heterocycles. The lowest BCUT2D eigenvalue weighted by Gasteiger charge is -2.15. The molecule has 0 atom stereocenters. The van der Waals surface area contributed by atoms with Crippen molar-refractivity contribution in [1.82, 2.24) is 15.5 Å². The van der Waals surface area contributed by atoms with Gasteiger partial charge in [0.05, 0.1) is 6.61 Å². The molecule has 0 aromatic heterocycles. The van der Waals surface area contributed by atoms with Crippen LogP contribution in [0.2, 0.25) is 0 Å². The molecule has 0 radical (unpaired) electrons. The number of likely N-dealkylation sites (tertiary alicyclic amines) is 1. The van der Waals surface area contributed by atoms with E-state index < -0.39 is 0 Å². The van der Waals surface area contributed by atoms with Gasteiger partial charge in [-0.3, -0.25) is 9.79 Å². The summed E-state index contributed by atoms with van der Waals surface area (Å²) in [6, 6.07) is 10.4. The fourth-order valence-electron chi connectivity index (χ4n) is 3.21. The Labute approximate surface area is 192 Å². The Kier molecular flexibility index (Phi) is 14.6. The van der Waals surface area contributed by atoms with Crippen LogP contribution in [0.5, 0.6) is 0 Å². The van der Waals surface area contributed by atoms with Gasteiger partial charge in [-0.05, 0) is 44.6 Å². The van der Waals surface area contributed by atoms with Crippen LogP contribution in [0.3, 0.4) is 0 Å². The van der Waals surface area contributed by atoms with Crippen LogP contribution in [0.4, 0.5) is 0 Å². The van der Waals surface area contributed by atoms with Gasteiger partial charge >= 0.3 is 0 Å². The highest BCUT2D eigenvalue weighted by atomic mass is 127. The van der Waals surface area contributed by atoms with Gasteiger partial charge in [-0.15, -0.1) is 24.0 Å². The fraction of sp³-hybridized carbons (Fsp3) is 0.636. The summed E-state index contributed by atoms with van der Waals surface area (Å²) in [5, 5.41) is 6.65. The number of unbranched alkanes of at least 4 members (excludes halogenated alkanes) is 1. The summed E-state index contributed by atoms with van der Waals surface area (Å²) in [6.07, 6.45) is 5.69. The number of carbonyl (C=O) groups is 1. The number of ether oxygens (including phenoxy) is 1. The van der Waals surface area contributed by atoms with Crippen molar-refractivity contribution in [3.8, 4) is 0 Å². The molecule has 0 aliphatic carbocycles. The highest BCUT2D eigenvalue weighted by molar-refractivity contribution is 14.0. The molecule has 1 aromatic carbocycles. The smallest absolute Gasteiger partial charge is 0.222 e. The molecule has 2 rings (SSSR count). The summed E-state index contributed by atoms with van der Waals surface area (Å²) in [7, 11) is 0. The number of amides is 1. The van der Waals surface area contributed by atoms with Crippen LogP contribution in [0, 0.1) is 0 Å². The number of nitrogens with zero attached hydrogens (tertiary/aromatic N) is 2. The first-order valence-corrected chi connectivity index (χ1v) is 10.7. The molecule has 1 fully saturated rings. The van der Waals surface area contributed by atoms with E-state index in [1.54, 1.807) is 0 Å². The number of halogens is 1. The molecule has 164 valence electrons. The van der Waals surface area contributed by atoms with Crippen molar-refractivity contribution in [2.75, 3.05) is 45.9 Å². The van der Waals surface area contributed by atoms with Crippen molar-refractivity contribution in [2.45, 2.75) is 45.4 Å². The second kappa shape index (κ2) is 16.4. The van der Waals surface area contributed by atoms with E-state index in [0.717, 1.165) is 84.0 Å². The Morgan fingerprint density at radius 2 is 1.97 bits per heavy atom. The van der Waals surface area contributed by atoms with Crippen molar-refractivity contribution < 1.29 is 9.53 Å². The first kappa shape index (κ1) is 25.7. The number of carbonyl (C=O) groups excluding carboxylic acids is 1. The minimum atomic E-state index is 0. The number of nitrogens with one attached hydrogen (secondary N) is 2. The lowest BCUT2D eigenvalue weighted by Crippen LogP contribution is -2.38. The van der Waals surface area contributed by atoms with Crippen LogP contribution in [0.15, 0.2) is 35.3 Å². The zero-order valence-electron chi connectivity index (χ0n) is 17.7. The molecule has 6 nitrogen and oxygen atoms in total. The second-order valence-corrected chi connectivity index (χ2v) is 7.08. The summed E-state index contributed by atoms with van der Waals surface area (Å²) in [5.41, 5.74) is 1.32. The van der Waals surface area contributed by atoms with Gasteiger partial charge in [0.2, 0.25) is 5.91 Å². The van der Waals surface area contributed by atoms with Gasteiger partial charge in [-0.25, -0.2) is 0 Å². The minimum Gasteiger partial charge on any atom is -0.381 e. The summed E-state index contributed by atoms with van der Waals surface area (Å²) in [4.78, 5) is 18.2. The molecule has 0 saturated carbocycles. The predicted octanol–water partition coefficient (Wildman–Crippen LogP) is 3.21. The minimum absolute atomic E-state index is 0. The Hall–Kier alpha value is -1.35. The normalized spacial score (nSPS) is 14.0. The van der Waals surface area contributed by atoms with E-state index in [2.05, 4.69) is 46.8 Å². The van der Waals surface area contributed by atoms with Crippen molar-refractivity contribution in [3.63, 3.8) is 0 Å². The molecule has 1 amide bonds. The standard InChI is InChI=1S/C22H36N4O2.HI/c1-2-23-22(25-15-9-17-26-16-8-12-21(26)27)24-14-6-7-18-28-19-13-20-10-4-3-5-11-20;/h3-5,10-11H,2,6-9,12-19H2,1H3,(H2,23,24,25);1H. The van der Waals surface area contributed by atoms with Crippen molar-refractivity contribution in [3.05, 3.63) is 35.9 Å². The lowest BCUT2D eigenvalue weighted by molar-refractivity contribution is -0.127. The Balaban J connectivity index is 0.00000420. The average molecular weight is 516 g/mol. The SMILES string of the molecule is CCNC(=NCCCN1CCCC1=O)NCCCCOCCc1ccccc1.I. The molecule has 0 bridgehead atoms. The van der Waals surface area contributed by atoms with Crippen LogP contribution in [0.25, 0.3) is 0 Å². The maximum absolute atomic E-state index is 11.6. The summed E-state index contributed by atoms with van der Waals surface area (Å²) in [5.74, 6) is 1.15. The van der Waals surface area contributed by atoms with Crippen molar-refractivity contribution in [2.24, 2.45) is 4.99 Å². The van der Waals surface area contributed by atoms with E-state index in [4.69, 9.17) is 4.74 Å². The quantitative estimate of drug-likeness (QED) is 0.183. The summed E-state index contributed by atoms with van der Waals surface area (Å²) < 4.78 is 5.72. The first-order chi connectivity index (χ1) is 13.8. The number of guanidine groups is 1. The second-order valence-electron chi connectivity index (χ2n) is 7.08. The van der Waals surface area contributed by atoms with Crippen molar-refractivity contribution in [1.29, 1.82) is 0 Å². The molecule has 29 heavy (non-hydrogen) atoms. The molecule has 0 unspecified atom stereocenters. The van der Waals surface area contributed by atoms with Gasteiger partial charge in [0.15, 0.2) is 5.96 Å². The van der Waals surface area contributed by atoms with Crippen LogP contribution in [0.1, 0.15) is 44.6 Å². The van der Waals surface area contributed by atoms with E-state index in [9.17, 15) is 4.79 Å². The van der Waals surface area contributed by atoms with Gasteiger partial charge in [0.25, 0.3) is 0 Å². The number of hydrogen-bond donors (Lipinski definition) is 2.